The highest BCUT2D eigenvalue weighted by atomic mass is 16.2. The number of carbonyl (C=O) groups is 2. The van der Waals surface area contributed by atoms with Gasteiger partial charge in [0.1, 0.15) is 11.5 Å². The van der Waals surface area contributed by atoms with Gasteiger partial charge in [0.2, 0.25) is 6.41 Å². The summed E-state index contributed by atoms with van der Waals surface area (Å²) < 4.78 is 0. The van der Waals surface area contributed by atoms with E-state index < -0.39 is 0 Å². The van der Waals surface area contributed by atoms with Gasteiger partial charge in [-0.15, -0.1) is 0 Å². The number of nitrogens with one attached hydrogen (secondary N) is 2. The summed E-state index contributed by atoms with van der Waals surface area (Å²) in [6.07, 6.45) is 0.418. The second kappa shape index (κ2) is 3.12. The number of rotatable bonds is 2. The van der Waals surface area contributed by atoms with E-state index in [1.807, 2.05) is 0 Å². The number of nitrogens with two attached hydrogens (primary N) is 1. The predicted molar refractivity (Wildman–Crippen MR) is 41.2 cm³/mol. The van der Waals surface area contributed by atoms with E-state index in [1.165, 1.54) is 4.90 Å². The number of nitrogens with zero attached hydrogens (tertiary/aromatic N) is 1. The van der Waals surface area contributed by atoms with Crippen molar-refractivity contribution in [2.45, 2.75) is 0 Å². The zero-order valence-electron chi connectivity index (χ0n) is 6.63. The summed E-state index contributed by atoms with van der Waals surface area (Å²) >= 11 is 0. The van der Waals surface area contributed by atoms with Gasteiger partial charge in [-0.3, -0.25) is 9.59 Å². The van der Waals surface area contributed by atoms with Crippen molar-refractivity contribution in [1.82, 2.24) is 15.5 Å². The predicted octanol–water partition coefficient (Wildman–Crippen LogP) is -2.12. The van der Waals surface area contributed by atoms with E-state index >= 15 is 0 Å². The van der Waals surface area contributed by atoms with Crippen LogP contribution in [-0.2, 0) is 9.59 Å². The average molecular weight is 170 g/mol. The van der Waals surface area contributed by atoms with Gasteiger partial charge in [-0.1, -0.05) is 0 Å². The Balaban J connectivity index is 2.88. The van der Waals surface area contributed by atoms with Crippen LogP contribution < -0.4 is 16.4 Å². The first-order valence-corrected chi connectivity index (χ1v) is 3.36. The van der Waals surface area contributed by atoms with Crippen molar-refractivity contribution < 1.29 is 9.59 Å². The maximum Gasteiger partial charge on any atom is 0.275 e. The Labute approximate surface area is 69.4 Å². The molecule has 12 heavy (non-hydrogen) atoms. The minimum Gasteiger partial charge on any atom is -0.384 e. The lowest BCUT2D eigenvalue weighted by molar-refractivity contribution is -0.128. The van der Waals surface area contributed by atoms with E-state index in [4.69, 9.17) is 5.73 Å². The molecular formula is C6H10N4O2. The summed E-state index contributed by atoms with van der Waals surface area (Å²) in [4.78, 5) is 22.7. The van der Waals surface area contributed by atoms with Crippen molar-refractivity contribution in [2.24, 2.45) is 5.73 Å². The molecule has 0 fully saturated rings. The highest BCUT2D eigenvalue weighted by molar-refractivity contribution is 5.95. The van der Waals surface area contributed by atoms with E-state index in [9.17, 15) is 9.59 Å². The molecule has 0 saturated carbocycles. The Morgan fingerprint density at radius 3 is 3.00 bits per heavy atom. The van der Waals surface area contributed by atoms with Crippen LogP contribution in [0.2, 0.25) is 0 Å². The van der Waals surface area contributed by atoms with E-state index in [2.05, 4.69) is 10.6 Å². The monoisotopic (exact) mass is 170 g/mol. The lowest BCUT2D eigenvalue weighted by atomic mass is 10.3. The quantitative estimate of drug-likeness (QED) is 0.413. The van der Waals surface area contributed by atoms with Gasteiger partial charge in [0, 0.05) is 7.05 Å². The van der Waals surface area contributed by atoms with Crippen LogP contribution in [0.4, 0.5) is 0 Å². The molecule has 4 N–H and O–H groups in total. The van der Waals surface area contributed by atoms with Gasteiger partial charge in [0.05, 0.1) is 6.67 Å². The van der Waals surface area contributed by atoms with Crippen LogP contribution in [0, 0.1) is 0 Å². The molecule has 0 saturated heterocycles. The third kappa shape index (κ3) is 1.31. The Hall–Kier alpha value is -1.72. The number of hydrogen-bond acceptors (Lipinski definition) is 4. The number of amides is 2. The molecule has 0 aromatic carbocycles. The molecular weight excluding hydrogens is 160 g/mol. The van der Waals surface area contributed by atoms with Crippen LogP contribution in [0.25, 0.3) is 0 Å². The minimum atomic E-state index is -0.293. The van der Waals surface area contributed by atoms with Gasteiger partial charge in [0.15, 0.2) is 0 Å². The number of hydrogen-bond donors (Lipinski definition) is 3. The lowest BCUT2D eigenvalue weighted by Crippen LogP contribution is -2.48. The first-order chi connectivity index (χ1) is 5.66. The largest absolute Gasteiger partial charge is 0.384 e. The van der Waals surface area contributed by atoms with E-state index in [1.54, 1.807) is 7.05 Å². The first-order valence-electron chi connectivity index (χ1n) is 3.36. The lowest BCUT2D eigenvalue weighted by Gasteiger charge is -2.25. The summed E-state index contributed by atoms with van der Waals surface area (Å²) in [6, 6.07) is 0. The van der Waals surface area contributed by atoms with Gasteiger partial charge in [-0.05, 0) is 0 Å². The van der Waals surface area contributed by atoms with Crippen molar-refractivity contribution in [3.63, 3.8) is 0 Å². The number of carbonyl (C=O) groups excluding carboxylic acids is 2. The molecule has 0 unspecified atom stereocenters. The highest BCUT2D eigenvalue weighted by Crippen LogP contribution is 2.02. The molecule has 2 amide bonds. The molecule has 0 radical (unpaired) electrons. The molecule has 6 nitrogen and oxygen atoms in total. The van der Waals surface area contributed by atoms with Gasteiger partial charge >= 0.3 is 0 Å². The van der Waals surface area contributed by atoms with E-state index in [0.717, 1.165) is 0 Å². The molecule has 1 aliphatic heterocycles. The van der Waals surface area contributed by atoms with Crippen molar-refractivity contribution in [3.05, 3.63) is 11.5 Å². The standard InChI is InChI=1S/C6H10N4O2/c1-10-2-8-5(7)4(6(10)12)9-3-11/h3,8H,2,7H2,1H3,(H,9,11). The van der Waals surface area contributed by atoms with E-state index in [-0.39, 0.29) is 17.4 Å². The second-order valence-electron chi connectivity index (χ2n) is 2.39. The Morgan fingerprint density at radius 2 is 2.42 bits per heavy atom. The Kier molecular flexibility index (Phi) is 2.18. The summed E-state index contributed by atoms with van der Waals surface area (Å²) in [5, 5.41) is 4.97. The first kappa shape index (κ1) is 8.38. The van der Waals surface area contributed by atoms with Gasteiger partial charge < -0.3 is 21.3 Å². The topological polar surface area (TPSA) is 87.5 Å². The molecule has 1 aliphatic rings. The number of likely N-dealkylation sites (N-methyl/N-ethyl adjacent to an activating group) is 1. The summed E-state index contributed by atoms with van der Waals surface area (Å²) in [6.45, 7) is 0.356. The van der Waals surface area contributed by atoms with Crippen molar-refractivity contribution in [2.75, 3.05) is 13.7 Å². The molecule has 1 rings (SSSR count). The maximum atomic E-state index is 11.3. The van der Waals surface area contributed by atoms with Crippen molar-refractivity contribution >= 4 is 12.3 Å². The molecule has 66 valence electrons. The fourth-order valence-electron chi connectivity index (χ4n) is 0.868. The van der Waals surface area contributed by atoms with Crippen LogP contribution in [0.3, 0.4) is 0 Å². The fraction of sp³-hybridized carbons (Fsp3) is 0.333. The van der Waals surface area contributed by atoms with Crippen LogP contribution in [0.1, 0.15) is 0 Å². The zero-order valence-corrected chi connectivity index (χ0v) is 6.63. The van der Waals surface area contributed by atoms with Gasteiger partial charge in [0.25, 0.3) is 5.91 Å². The molecule has 0 aromatic rings. The second-order valence-corrected chi connectivity index (χ2v) is 2.39. The molecule has 0 atom stereocenters. The maximum absolute atomic E-state index is 11.3. The summed E-state index contributed by atoms with van der Waals surface area (Å²) in [7, 11) is 1.61. The smallest absolute Gasteiger partial charge is 0.275 e. The minimum absolute atomic E-state index is 0.0961. The molecule has 0 spiro atoms. The fourth-order valence-corrected chi connectivity index (χ4v) is 0.868. The van der Waals surface area contributed by atoms with Crippen molar-refractivity contribution in [3.8, 4) is 0 Å². The summed E-state index contributed by atoms with van der Waals surface area (Å²) in [5.74, 6) is -0.0939. The van der Waals surface area contributed by atoms with Crippen LogP contribution >= 0.6 is 0 Å². The normalized spacial score (nSPS) is 17.4. The van der Waals surface area contributed by atoms with E-state index in [0.29, 0.717) is 13.1 Å². The van der Waals surface area contributed by atoms with Crippen LogP contribution in [0.15, 0.2) is 11.5 Å². The highest BCUT2D eigenvalue weighted by Gasteiger charge is 2.22. The van der Waals surface area contributed by atoms with Crippen LogP contribution in [0.5, 0.6) is 0 Å². The average Bonchev–Trinajstić information content (AvgIpc) is 2.06. The summed E-state index contributed by atoms with van der Waals surface area (Å²) in [5.41, 5.74) is 5.51. The Bertz CT molecular complexity index is 248. The molecule has 1 heterocycles. The SMILES string of the molecule is CN1CNC(N)=C(NC=O)C1=O. The molecule has 0 aliphatic carbocycles. The molecule has 6 heteroatoms. The third-order valence-corrected chi connectivity index (χ3v) is 1.54. The molecule has 0 bridgehead atoms. The van der Waals surface area contributed by atoms with Gasteiger partial charge in [-0.25, -0.2) is 0 Å². The third-order valence-electron chi connectivity index (χ3n) is 1.54. The van der Waals surface area contributed by atoms with Crippen LogP contribution in [-0.4, -0.2) is 30.9 Å². The zero-order chi connectivity index (χ0) is 9.14. The Morgan fingerprint density at radius 1 is 1.75 bits per heavy atom. The van der Waals surface area contributed by atoms with Crippen molar-refractivity contribution in [1.29, 1.82) is 0 Å². The van der Waals surface area contributed by atoms with Gasteiger partial charge in [-0.2, -0.15) is 0 Å². The molecule has 0 aromatic heterocycles.